The molecule has 2 aromatic carbocycles. The standard InChI is InChI=1S/C33H40N4O6S/c1-20-17-36(18-21(2)43-20)33(40)25-14-24-15-26(38)11-13-27(24)31-30(22-8-6-5-7-9-22)28-12-10-23(16-29(28)37(31)19-25)32(39)34-44(41,42)35(3)4/h10-16,20-22,38H,5-9,17-19H2,1-4H3,(H,34,39)/t20-,21+. The number of carbonyl (C=O) groups excluding carboxylic acids is 2. The highest BCUT2D eigenvalue weighted by molar-refractivity contribution is 7.87. The quantitative estimate of drug-likeness (QED) is 0.429. The molecule has 1 saturated carbocycles. The minimum Gasteiger partial charge on any atom is -0.508 e. The van der Waals surface area contributed by atoms with Crippen LogP contribution in [0.25, 0.3) is 28.2 Å². The van der Waals surface area contributed by atoms with Crippen LogP contribution >= 0.6 is 0 Å². The molecule has 2 aliphatic heterocycles. The molecule has 6 rings (SSSR count). The fourth-order valence-electron chi connectivity index (χ4n) is 7.01. The van der Waals surface area contributed by atoms with Crippen LogP contribution in [-0.4, -0.2) is 78.5 Å². The average molecular weight is 621 g/mol. The van der Waals surface area contributed by atoms with Gasteiger partial charge < -0.3 is 19.3 Å². The van der Waals surface area contributed by atoms with E-state index in [1.807, 2.05) is 37.0 Å². The summed E-state index contributed by atoms with van der Waals surface area (Å²) in [6.45, 7) is 5.13. The highest BCUT2D eigenvalue weighted by Gasteiger charge is 2.33. The maximum Gasteiger partial charge on any atom is 0.303 e. The predicted molar refractivity (Wildman–Crippen MR) is 170 cm³/mol. The first-order valence-electron chi connectivity index (χ1n) is 15.3. The Balaban J connectivity index is 1.54. The minimum atomic E-state index is -3.99. The van der Waals surface area contributed by atoms with Crippen molar-refractivity contribution >= 4 is 39.0 Å². The number of aromatic nitrogens is 1. The van der Waals surface area contributed by atoms with Crippen molar-refractivity contribution in [2.75, 3.05) is 27.2 Å². The zero-order valence-corrected chi connectivity index (χ0v) is 26.5. The first kappa shape index (κ1) is 30.4. The summed E-state index contributed by atoms with van der Waals surface area (Å²) >= 11 is 0. The number of amides is 2. The van der Waals surface area contributed by atoms with Crippen LogP contribution in [0, 0.1) is 0 Å². The summed E-state index contributed by atoms with van der Waals surface area (Å²) in [4.78, 5) is 29.2. The molecular weight excluding hydrogens is 580 g/mol. The lowest BCUT2D eigenvalue weighted by atomic mass is 9.81. The summed E-state index contributed by atoms with van der Waals surface area (Å²) in [6, 6.07) is 10.6. The highest BCUT2D eigenvalue weighted by atomic mass is 32.2. The molecule has 10 nitrogen and oxygen atoms in total. The van der Waals surface area contributed by atoms with Gasteiger partial charge in [-0.15, -0.1) is 0 Å². The zero-order valence-electron chi connectivity index (χ0n) is 25.7. The van der Waals surface area contributed by atoms with Gasteiger partial charge in [-0.3, -0.25) is 9.59 Å². The molecule has 1 aliphatic carbocycles. The van der Waals surface area contributed by atoms with Gasteiger partial charge in [0.1, 0.15) is 5.75 Å². The Morgan fingerprint density at radius 1 is 1.00 bits per heavy atom. The van der Waals surface area contributed by atoms with Crippen molar-refractivity contribution in [3.63, 3.8) is 0 Å². The van der Waals surface area contributed by atoms with E-state index in [4.69, 9.17) is 4.74 Å². The van der Waals surface area contributed by atoms with E-state index in [1.165, 1.54) is 26.1 Å². The summed E-state index contributed by atoms with van der Waals surface area (Å²) in [5.41, 5.74) is 5.36. The monoisotopic (exact) mass is 620 g/mol. The molecule has 0 bridgehead atoms. The fraction of sp³-hybridized carbons (Fsp3) is 0.455. The van der Waals surface area contributed by atoms with Crippen molar-refractivity contribution in [2.45, 2.75) is 70.6 Å². The van der Waals surface area contributed by atoms with Crippen molar-refractivity contribution in [3.05, 3.63) is 58.7 Å². The van der Waals surface area contributed by atoms with E-state index in [-0.39, 0.29) is 41.9 Å². The Morgan fingerprint density at radius 3 is 2.39 bits per heavy atom. The number of ether oxygens (including phenoxy) is 1. The van der Waals surface area contributed by atoms with E-state index in [1.54, 1.807) is 24.3 Å². The third-order valence-corrected chi connectivity index (χ3v) is 10.4. The summed E-state index contributed by atoms with van der Waals surface area (Å²) in [5.74, 6) is -0.417. The van der Waals surface area contributed by atoms with Crippen molar-refractivity contribution < 1.29 is 27.9 Å². The van der Waals surface area contributed by atoms with Gasteiger partial charge in [-0.25, -0.2) is 4.72 Å². The van der Waals surface area contributed by atoms with Gasteiger partial charge in [-0.05, 0) is 80.1 Å². The Bertz CT molecular complexity index is 1760. The van der Waals surface area contributed by atoms with Gasteiger partial charge in [-0.2, -0.15) is 12.7 Å². The van der Waals surface area contributed by atoms with E-state index in [0.717, 1.165) is 57.7 Å². The van der Waals surface area contributed by atoms with Gasteiger partial charge in [0, 0.05) is 54.8 Å². The first-order chi connectivity index (χ1) is 20.9. The zero-order chi connectivity index (χ0) is 31.3. The molecule has 1 aromatic heterocycles. The number of morpholine rings is 1. The number of carbonyl (C=O) groups is 2. The lowest BCUT2D eigenvalue weighted by Crippen LogP contribution is -2.48. The lowest BCUT2D eigenvalue weighted by Gasteiger charge is -2.35. The largest absolute Gasteiger partial charge is 0.508 e. The van der Waals surface area contributed by atoms with Crippen LogP contribution in [0.5, 0.6) is 5.75 Å². The molecule has 0 spiro atoms. The number of rotatable bonds is 5. The Hall–Kier alpha value is -3.67. The maximum atomic E-state index is 14.1. The van der Waals surface area contributed by atoms with Crippen LogP contribution in [0.1, 0.15) is 73.4 Å². The number of phenolic OH excluding ortho intramolecular Hbond substituents is 1. The van der Waals surface area contributed by atoms with E-state index >= 15 is 0 Å². The van der Waals surface area contributed by atoms with E-state index in [9.17, 15) is 23.1 Å². The Kier molecular flexibility index (Phi) is 8.06. The second kappa shape index (κ2) is 11.7. The molecule has 1 saturated heterocycles. The molecule has 3 aromatic rings. The first-order valence-corrected chi connectivity index (χ1v) is 16.8. The van der Waals surface area contributed by atoms with Crippen LogP contribution in [0.15, 0.2) is 42.0 Å². The van der Waals surface area contributed by atoms with Crippen molar-refractivity contribution in [1.29, 1.82) is 0 Å². The molecule has 234 valence electrons. The van der Waals surface area contributed by atoms with E-state index < -0.39 is 16.1 Å². The fourth-order valence-corrected chi connectivity index (χ4v) is 7.54. The number of nitrogens with one attached hydrogen (secondary N) is 1. The molecule has 0 radical (unpaired) electrons. The topological polar surface area (TPSA) is 121 Å². The van der Waals surface area contributed by atoms with Gasteiger partial charge in [-0.1, -0.05) is 25.3 Å². The highest BCUT2D eigenvalue weighted by Crippen LogP contribution is 2.47. The van der Waals surface area contributed by atoms with Gasteiger partial charge in [0.25, 0.3) is 11.8 Å². The third-order valence-electron chi connectivity index (χ3n) is 9.01. The van der Waals surface area contributed by atoms with Crippen molar-refractivity contribution in [3.8, 4) is 17.0 Å². The number of aromatic hydroxyl groups is 1. The number of phenols is 1. The molecule has 0 unspecified atom stereocenters. The number of benzene rings is 2. The third kappa shape index (κ3) is 5.64. The molecule has 2 amide bonds. The summed E-state index contributed by atoms with van der Waals surface area (Å²) < 4.78 is 36.0. The number of hydrogen-bond donors (Lipinski definition) is 2. The van der Waals surface area contributed by atoms with Crippen LogP contribution in [0.2, 0.25) is 0 Å². The Labute approximate surface area is 258 Å². The Morgan fingerprint density at radius 2 is 1.70 bits per heavy atom. The van der Waals surface area contributed by atoms with Gasteiger partial charge >= 0.3 is 10.2 Å². The van der Waals surface area contributed by atoms with E-state index in [2.05, 4.69) is 9.29 Å². The number of nitrogens with zero attached hydrogens (tertiary/aromatic N) is 3. The summed E-state index contributed by atoms with van der Waals surface area (Å²) in [5, 5.41) is 11.5. The van der Waals surface area contributed by atoms with Crippen molar-refractivity contribution in [1.82, 2.24) is 18.5 Å². The molecule has 11 heteroatoms. The van der Waals surface area contributed by atoms with Crippen molar-refractivity contribution in [2.24, 2.45) is 0 Å². The van der Waals surface area contributed by atoms with Gasteiger partial charge in [0.15, 0.2) is 0 Å². The SMILES string of the molecule is C[C@@H]1CN(C(=O)C2=Cc3cc(O)ccc3-c3c(C4CCCCC4)c4ccc(C(=O)NS(=O)(=O)N(C)C)cc4n3C2)C[C@H](C)O1. The molecule has 2 N–H and O–H groups in total. The van der Waals surface area contributed by atoms with Gasteiger partial charge in [0.2, 0.25) is 0 Å². The van der Waals surface area contributed by atoms with Crippen LogP contribution in [0.3, 0.4) is 0 Å². The maximum absolute atomic E-state index is 14.1. The lowest BCUT2D eigenvalue weighted by molar-refractivity contribution is -0.139. The molecule has 44 heavy (non-hydrogen) atoms. The average Bonchev–Trinajstić information content (AvgIpc) is 3.19. The number of hydrogen-bond acceptors (Lipinski definition) is 6. The smallest absolute Gasteiger partial charge is 0.303 e. The van der Waals surface area contributed by atoms with Crippen LogP contribution in [0.4, 0.5) is 0 Å². The second-order valence-electron chi connectivity index (χ2n) is 12.5. The summed E-state index contributed by atoms with van der Waals surface area (Å²) in [6.07, 6.45) is 7.20. The molecular formula is C33H40N4O6S. The second-order valence-corrected chi connectivity index (χ2v) is 14.4. The van der Waals surface area contributed by atoms with Crippen LogP contribution < -0.4 is 4.72 Å². The summed E-state index contributed by atoms with van der Waals surface area (Å²) in [7, 11) is -1.27. The van der Waals surface area contributed by atoms with Gasteiger partial charge in [0.05, 0.1) is 24.4 Å². The number of fused-ring (bicyclic) bond motifs is 5. The van der Waals surface area contributed by atoms with E-state index in [0.29, 0.717) is 18.7 Å². The molecule has 3 heterocycles. The molecule has 3 aliphatic rings. The predicted octanol–water partition coefficient (Wildman–Crippen LogP) is 4.63. The minimum absolute atomic E-state index is 0.0919. The normalized spacial score (nSPS) is 21.0. The van der Waals surface area contributed by atoms with Crippen LogP contribution in [-0.2, 0) is 26.3 Å². The molecule has 2 atom stereocenters. The molecule has 2 fully saturated rings.